The molecule has 1 aliphatic rings. The number of hydrogen-bond acceptors (Lipinski definition) is 2. The van der Waals surface area contributed by atoms with Crippen molar-refractivity contribution in [2.24, 2.45) is 5.92 Å². The lowest BCUT2D eigenvalue weighted by Gasteiger charge is -2.32. The molecule has 0 radical (unpaired) electrons. The number of aryl methyl sites for hydroxylation is 1. The van der Waals surface area contributed by atoms with E-state index >= 15 is 0 Å². The highest BCUT2D eigenvalue weighted by Gasteiger charge is 2.41. The minimum absolute atomic E-state index is 0.171. The van der Waals surface area contributed by atoms with Gasteiger partial charge in [0.25, 0.3) is 0 Å². The summed E-state index contributed by atoms with van der Waals surface area (Å²) in [6.45, 7) is 5.40. The predicted molar refractivity (Wildman–Crippen MR) is 94.1 cm³/mol. The first-order chi connectivity index (χ1) is 11.2. The monoisotopic (exact) mass is 304 g/mol. The average molecular weight is 304 g/mol. The van der Waals surface area contributed by atoms with E-state index in [9.17, 15) is 5.26 Å². The van der Waals surface area contributed by atoms with Crippen molar-refractivity contribution in [3.05, 3.63) is 70.8 Å². The molecule has 0 amide bonds. The van der Waals surface area contributed by atoms with E-state index in [1.54, 1.807) is 0 Å². The summed E-state index contributed by atoms with van der Waals surface area (Å²) in [5.41, 5.74) is 5.11. The Hall–Kier alpha value is -2.11. The summed E-state index contributed by atoms with van der Waals surface area (Å²) in [5.74, 6) is 0.490. The molecule has 1 fully saturated rings. The SMILES string of the molecule is Cc1ccccc1Cc1ccc([C@]2(CC#N)NCC[C@@H]2C)cc1. The highest BCUT2D eigenvalue weighted by atomic mass is 15.0. The zero-order valence-electron chi connectivity index (χ0n) is 14.0. The summed E-state index contributed by atoms with van der Waals surface area (Å²) in [6, 6.07) is 19.8. The number of nitrogens with zero attached hydrogens (tertiary/aromatic N) is 1. The standard InChI is InChI=1S/C21H24N2/c1-16-5-3-4-6-19(16)15-18-7-9-20(10-8-18)21(12-13-22)17(2)11-14-23-21/h3-10,17,23H,11-12,14-15H2,1-2H3/t17-,21+/m0/s1. The van der Waals surface area contributed by atoms with Gasteiger partial charge in [-0.25, -0.2) is 0 Å². The normalized spacial score (nSPS) is 23.6. The van der Waals surface area contributed by atoms with Crippen molar-refractivity contribution in [2.45, 2.75) is 38.6 Å². The van der Waals surface area contributed by atoms with Crippen LogP contribution in [-0.2, 0) is 12.0 Å². The Balaban J connectivity index is 1.84. The van der Waals surface area contributed by atoms with Crippen molar-refractivity contribution in [3.8, 4) is 6.07 Å². The van der Waals surface area contributed by atoms with Crippen LogP contribution >= 0.6 is 0 Å². The van der Waals surface area contributed by atoms with Gasteiger partial charge in [-0.3, -0.25) is 0 Å². The lowest BCUT2D eigenvalue weighted by molar-refractivity contribution is 0.307. The van der Waals surface area contributed by atoms with Crippen LogP contribution in [0.1, 0.15) is 42.0 Å². The smallest absolute Gasteiger partial charge is 0.0644 e. The number of nitrogens with one attached hydrogen (secondary N) is 1. The first-order valence-electron chi connectivity index (χ1n) is 8.41. The molecule has 2 atom stereocenters. The first-order valence-corrected chi connectivity index (χ1v) is 8.41. The van der Waals surface area contributed by atoms with Gasteiger partial charge in [0.1, 0.15) is 0 Å². The minimum Gasteiger partial charge on any atom is -0.306 e. The molecule has 2 aromatic carbocycles. The van der Waals surface area contributed by atoms with E-state index in [4.69, 9.17) is 0 Å². The first kappa shape index (κ1) is 15.8. The molecule has 118 valence electrons. The van der Waals surface area contributed by atoms with Crippen LogP contribution in [0.3, 0.4) is 0 Å². The fraction of sp³-hybridized carbons (Fsp3) is 0.381. The molecule has 1 heterocycles. The molecule has 0 aliphatic carbocycles. The molecule has 3 rings (SSSR count). The molecule has 2 nitrogen and oxygen atoms in total. The molecular formula is C21H24N2. The molecule has 1 saturated heterocycles. The maximum atomic E-state index is 9.26. The summed E-state index contributed by atoms with van der Waals surface area (Å²) in [7, 11) is 0. The summed E-state index contributed by atoms with van der Waals surface area (Å²) >= 11 is 0. The third kappa shape index (κ3) is 3.02. The highest BCUT2D eigenvalue weighted by Crippen LogP contribution is 2.39. The zero-order chi connectivity index (χ0) is 16.3. The van der Waals surface area contributed by atoms with Crippen LogP contribution in [0, 0.1) is 24.2 Å². The lowest BCUT2D eigenvalue weighted by atomic mass is 9.78. The van der Waals surface area contributed by atoms with E-state index in [0.717, 1.165) is 19.4 Å². The van der Waals surface area contributed by atoms with Gasteiger partial charge in [-0.05, 0) is 54.5 Å². The van der Waals surface area contributed by atoms with Crippen LogP contribution in [0.2, 0.25) is 0 Å². The molecular weight excluding hydrogens is 280 g/mol. The summed E-state index contributed by atoms with van der Waals surface area (Å²) in [6.07, 6.45) is 2.62. The van der Waals surface area contributed by atoms with E-state index < -0.39 is 0 Å². The van der Waals surface area contributed by atoms with Crippen molar-refractivity contribution in [2.75, 3.05) is 6.54 Å². The molecule has 23 heavy (non-hydrogen) atoms. The van der Waals surface area contributed by atoms with Crippen LogP contribution in [0.15, 0.2) is 48.5 Å². The Kier molecular flexibility index (Phi) is 4.50. The Morgan fingerprint density at radius 1 is 1.17 bits per heavy atom. The van der Waals surface area contributed by atoms with E-state index in [1.807, 2.05) is 0 Å². The minimum atomic E-state index is -0.171. The number of hydrogen-bond donors (Lipinski definition) is 1. The quantitative estimate of drug-likeness (QED) is 0.913. The Bertz CT molecular complexity index is 711. The lowest BCUT2D eigenvalue weighted by Crippen LogP contribution is -2.40. The maximum Gasteiger partial charge on any atom is 0.0644 e. The third-order valence-corrected chi connectivity index (χ3v) is 5.34. The van der Waals surface area contributed by atoms with Gasteiger partial charge in [0.2, 0.25) is 0 Å². The molecule has 0 saturated carbocycles. The molecule has 1 N–H and O–H groups in total. The molecule has 1 aliphatic heterocycles. The van der Waals surface area contributed by atoms with Crippen LogP contribution < -0.4 is 5.32 Å². The van der Waals surface area contributed by atoms with Crippen LogP contribution in [0.4, 0.5) is 0 Å². The molecule has 2 heteroatoms. The molecule has 0 spiro atoms. The fourth-order valence-electron chi connectivity index (χ4n) is 3.73. The third-order valence-electron chi connectivity index (χ3n) is 5.34. The Labute approximate surface area is 139 Å². The second-order valence-corrected chi connectivity index (χ2v) is 6.72. The predicted octanol–water partition coefficient (Wildman–Crippen LogP) is 4.32. The van der Waals surface area contributed by atoms with Gasteiger partial charge >= 0.3 is 0 Å². The molecule has 0 aromatic heterocycles. The van der Waals surface area contributed by atoms with Gasteiger partial charge in [0.05, 0.1) is 18.0 Å². The number of benzene rings is 2. The topological polar surface area (TPSA) is 35.8 Å². The summed E-state index contributed by atoms with van der Waals surface area (Å²) in [5, 5.41) is 12.9. The van der Waals surface area contributed by atoms with E-state index in [1.165, 1.54) is 22.3 Å². The van der Waals surface area contributed by atoms with Crippen molar-refractivity contribution in [1.29, 1.82) is 5.26 Å². The number of rotatable bonds is 4. The van der Waals surface area contributed by atoms with Crippen LogP contribution in [0.25, 0.3) is 0 Å². The Morgan fingerprint density at radius 2 is 1.91 bits per heavy atom. The average Bonchev–Trinajstić information content (AvgIpc) is 2.93. The van der Waals surface area contributed by atoms with Crippen LogP contribution in [-0.4, -0.2) is 6.54 Å². The van der Waals surface area contributed by atoms with Crippen molar-refractivity contribution in [1.82, 2.24) is 5.32 Å². The zero-order valence-corrected chi connectivity index (χ0v) is 14.0. The fourth-order valence-corrected chi connectivity index (χ4v) is 3.73. The van der Waals surface area contributed by atoms with Gasteiger partial charge in [0.15, 0.2) is 0 Å². The maximum absolute atomic E-state index is 9.26. The van der Waals surface area contributed by atoms with Crippen molar-refractivity contribution < 1.29 is 0 Å². The van der Waals surface area contributed by atoms with E-state index in [2.05, 4.69) is 73.8 Å². The Morgan fingerprint density at radius 3 is 2.52 bits per heavy atom. The van der Waals surface area contributed by atoms with Crippen molar-refractivity contribution in [3.63, 3.8) is 0 Å². The van der Waals surface area contributed by atoms with Crippen molar-refractivity contribution >= 4 is 0 Å². The van der Waals surface area contributed by atoms with Gasteiger partial charge < -0.3 is 5.32 Å². The van der Waals surface area contributed by atoms with E-state index in [0.29, 0.717) is 12.3 Å². The van der Waals surface area contributed by atoms with Gasteiger partial charge in [-0.2, -0.15) is 5.26 Å². The van der Waals surface area contributed by atoms with Gasteiger partial charge in [-0.15, -0.1) is 0 Å². The van der Waals surface area contributed by atoms with Gasteiger partial charge in [0, 0.05) is 0 Å². The van der Waals surface area contributed by atoms with Gasteiger partial charge in [-0.1, -0.05) is 55.5 Å². The largest absolute Gasteiger partial charge is 0.306 e. The summed E-state index contributed by atoms with van der Waals surface area (Å²) in [4.78, 5) is 0. The summed E-state index contributed by atoms with van der Waals surface area (Å²) < 4.78 is 0. The second-order valence-electron chi connectivity index (χ2n) is 6.72. The number of nitriles is 1. The molecule has 2 aromatic rings. The second kappa shape index (κ2) is 6.56. The molecule has 0 bridgehead atoms. The highest BCUT2D eigenvalue weighted by molar-refractivity contribution is 5.36. The molecule has 0 unspecified atom stereocenters. The van der Waals surface area contributed by atoms with E-state index in [-0.39, 0.29) is 5.54 Å². The van der Waals surface area contributed by atoms with Crippen LogP contribution in [0.5, 0.6) is 0 Å².